The van der Waals surface area contributed by atoms with E-state index in [1.54, 1.807) is 12.2 Å². The van der Waals surface area contributed by atoms with Gasteiger partial charge in [-0.25, -0.2) is 18.7 Å². The van der Waals surface area contributed by atoms with Gasteiger partial charge in [-0.2, -0.15) is 0 Å². The predicted octanol–water partition coefficient (Wildman–Crippen LogP) is 5.98. The number of benzene rings is 2. The van der Waals surface area contributed by atoms with Crippen LogP contribution < -0.4 is 5.32 Å². The van der Waals surface area contributed by atoms with E-state index in [-0.39, 0.29) is 0 Å². The van der Waals surface area contributed by atoms with Crippen molar-refractivity contribution in [3.05, 3.63) is 63.9 Å². The lowest BCUT2D eigenvalue weighted by Crippen LogP contribution is -2.25. The summed E-state index contributed by atoms with van der Waals surface area (Å²) in [6, 6.07) is 9.62. The number of fused-ring (bicyclic) bond motifs is 1. The fourth-order valence-electron chi connectivity index (χ4n) is 3.16. The standard InChI is InChI=1S/C23H25BrF2N4/c1-3-30(4-2)13-5-12-27-23-18-15-17(24)8-10-21(18)28-22(29-23)11-7-16-6-9-19(25)20(26)14-16/h6-11,14-15H,3-5,12-13H2,1-2H3,(H,27,28,29). The molecule has 0 aliphatic carbocycles. The van der Waals surface area contributed by atoms with Gasteiger partial charge >= 0.3 is 0 Å². The maximum absolute atomic E-state index is 13.4. The lowest BCUT2D eigenvalue weighted by atomic mass is 10.2. The van der Waals surface area contributed by atoms with Crippen LogP contribution in [0.4, 0.5) is 14.6 Å². The molecule has 158 valence electrons. The average Bonchev–Trinajstić information content (AvgIpc) is 2.75. The third-order valence-electron chi connectivity index (χ3n) is 4.88. The highest BCUT2D eigenvalue weighted by molar-refractivity contribution is 9.10. The van der Waals surface area contributed by atoms with E-state index < -0.39 is 11.6 Å². The monoisotopic (exact) mass is 474 g/mol. The van der Waals surface area contributed by atoms with Crippen molar-refractivity contribution in [3.8, 4) is 0 Å². The Morgan fingerprint density at radius 3 is 2.53 bits per heavy atom. The minimum atomic E-state index is -0.878. The van der Waals surface area contributed by atoms with E-state index in [0.29, 0.717) is 11.4 Å². The molecule has 0 saturated heterocycles. The fourth-order valence-corrected chi connectivity index (χ4v) is 3.53. The van der Waals surface area contributed by atoms with Gasteiger partial charge in [-0.3, -0.25) is 0 Å². The van der Waals surface area contributed by atoms with Gasteiger partial charge in [-0.15, -0.1) is 0 Å². The second-order valence-corrected chi connectivity index (χ2v) is 7.82. The zero-order valence-electron chi connectivity index (χ0n) is 17.1. The van der Waals surface area contributed by atoms with Gasteiger partial charge in [0.05, 0.1) is 5.52 Å². The van der Waals surface area contributed by atoms with Crippen molar-refractivity contribution in [1.82, 2.24) is 14.9 Å². The SMILES string of the molecule is CCN(CC)CCCNc1nc(C=Cc2ccc(F)c(F)c2)nc2ccc(Br)cc12. The molecule has 1 N–H and O–H groups in total. The lowest BCUT2D eigenvalue weighted by Gasteiger charge is -2.18. The number of halogens is 3. The highest BCUT2D eigenvalue weighted by Crippen LogP contribution is 2.25. The van der Waals surface area contributed by atoms with Gasteiger partial charge in [-0.1, -0.05) is 41.9 Å². The van der Waals surface area contributed by atoms with Crippen LogP contribution in [0.5, 0.6) is 0 Å². The number of nitrogens with zero attached hydrogens (tertiary/aromatic N) is 3. The van der Waals surface area contributed by atoms with Crippen molar-refractivity contribution < 1.29 is 8.78 Å². The molecule has 4 nitrogen and oxygen atoms in total. The quantitative estimate of drug-likeness (QED) is 0.387. The first-order valence-electron chi connectivity index (χ1n) is 10.1. The average molecular weight is 475 g/mol. The molecule has 30 heavy (non-hydrogen) atoms. The first-order valence-corrected chi connectivity index (χ1v) is 10.9. The zero-order chi connectivity index (χ0) is 21.5. The summed E-state index contributed by atoms with van der Waals surface area (Å²) in [4.78, 5) is 11.6. The number of rotatable bonds is 9. The molecule has 0 amide bonds. The van der Waals surface area contributed by atoms with E-state index in [9.17, 15) is 8.78 Å². The molecule has 3 aromatic rings. The summed E-state index contributed by atoms with van der Waals surface area (Å²) in [6.45, 7) is 8.23. The van der Waals surface area contributed by atoms with Crippen LogP contribution >= 0.6 is 15.9 Å². The molecule has 1 heterocycles. The molecule has 0 fully saturated rings. The van der Waals surface area contributed by atoms with Crippen LogP contribution in [0.15, 0.2) is 40.9 Å². The molecule has 0 aliphatic rings. The summed E-state index contributed by atoms with van der Waals surface area (Å²) in [6.07, 6.45) is 4.38. The number of hydrogen-bond donors (Lipinski definition) is 1. The maximum atomic E-state index is 13.4. The third-order valence-corrected chi connectivity index (χ3v) is 5.37. The number of nitrogens with one attached hydrogen (secondary N) is 1. The van der Waals surface area contributed by atoms with Gasteiger partial charge in [0.25, 0.3) is 0 Å². The molecular formula is C23H25BrF2N4. The van der Waals surface area contributed by atoms with E-state index in [1.807, 2.05) is 18.2 Å². The van der Waals surface area contributed by atoms with Crippen molar-refractivity contribution in [2.45, 2.75) is 20.3 Å². The van der Waals surface area contributed by atoms with Crippen LogP contribution in [0, 0.1) is 11.6 Å². The number of hydrogen-bond acceptors (Lipinski definition) is 4. The molecular weight excluding hydrogens is 450 g/mol. The Hall–Kier alpha value is -2.38. The van der Waals surface area contributed by atoms with Crippen molar-refractivity contribution in [3.63, 3.8) is 0 Å². The molecule has 0 radical (unpaired) electrons. The smallest absolute Gasteiger partial charge is 0.159 e. The molecule has 3 rings (SSSR count). The Bertz CT molecular complexity index is 1040. The Labute approximate surface area is 184 Å². The molecule has 2 aromatic carbocycles. The fraction of sp³-hybridized carbons (Fsp3) is 0.304. The van der Waals surface area contributed by atoms with E-state index >= 15 is 0 Å². The summed E-state index contributed by atoms with van der Waals surface area (Å²) < 4.78 is 27.5. The van der Waals surface area contributed by atoms with Crippen LogP contribution in [0.2, 0.25) is 0 Å². The lowest BCUT2D eigenvalue weighted by molar-refractivity contribution is 0.303. The summed E-state index contributed by atoms with van der Waals surface area (Å²) >= 11 is 3.51. The van der Waals surface area contributed by atoms with Gasteiger partial charge < -0.3 is 10.2 Å². The Kier molecular flexibility index (Phi) is 7.87. The van der Waals surface area contributed by atoms with Crippen LogP contribution in [0.3, 0.4) is 0 Å². The van der Waals surface area contributed by atoms with E-state index in [2.05, 4.69) is 50.0 Å². The van der Waals surface area contributed by atoms with Crippen LogP contribution in [0.25, 0.3) is 23.1 Å². The van der Waals surface area contributed by atoms with Crippen molar-refractivity contribution >= 4 is 44.8 Å². The van der Waals surface area contributed by atoms with Crippen LogP contribution in [-0.4, -0.2) is 41.0 Å². The topological polar surface area (TPSA) is 41.0 Å². The van der Waals surface area contributed by atoms with Crippen LogP contribution in [-0.2, 0) is 0 Å². The Balaban J connectivity index is 1.82. The molecule has 0 spiro atoms. The first kappa shape index (κ1) is 22.3. The highest BCUT2D eigenvalue weighted by Gasteiger charge is 2.08. The molecule has 0 aliphatic heterocycles. The number of aromatic nitrogens is 2. The normalized spacial score (nSPS) is 11.7. The summed E-state index contributed by atoms with van der Waals surface area (Å²) in [5.74, 6) is -0.487. The van der Waals surface area contributed by atoms with Gasteiger partial charge in [0.2, 0.25) is 0 Å². The summed E-state index contributed by atoms with van der Waals surface area (Å²) in [5.41, 5.74) is 1.35. The molecule has 0 saturated carbocycles. The van der Waals surface area contributed by atoms with E-state index in [4.69, 9.17) is 0 Å². The Morgan fingerprint density at radius 2 is 1.80 bits per heavy atom. The first-order chi connectivity index (χ1) is 14.5. The zero-order valence-corrected chi connectivity index (χ0v) is 18.7. The number of anilines is 1. The maximum Gasteiger partial charge on any atom is 0.159 e. The highest BCUT2D eigenvalue weighted by atomic mass is 79.9. The molecule has 0 unspecified atom stereocenters. The Morgan fingerprint density at radius 1 is 1.00 bits per heavy atom. The molecule has 0 bridgehead atoms. The van der Waals surface area contributed by atoms with Crippen molar-refractivity contribution in [1.29, 1.82) is 0 Å². The second kappa shape index (κ2) is 10.6. The molecule has 1 aromatic heterocycles. The minimum Gasteiger partial charge on any atom is -0.369 e. The largest absolute Gasteiger partial charge is 0.369 e. The van der Waals surface area contributed by atoms with Gasteiger partial charge in [-0.05, 0) is 68.0 Å². The van der Waals surface area contributed by atoms with E-state index in [0.717, 1.165) is 65.9 Å². The van der Waals surface area contributed by atoms with Gasteiger partial charge in [0.1, 0.15) is 5.82 Å². The molecule has 0 atom stereocenters. The second-order valence-electron chi connectivity index (χ2n) is 6.91. The minimum absolute atomic E-state index is 0.501. The van der Waals surface area contributed by atoms with Gasteiger partial charge in [0.15, 0.2) is 17.5 Å². The summed E-state index contributed by atoms with van der Waals surface area (Å²) in [7, 11) is 0. The third kappa shape index (κ3) is 5.83. The van der Waals surface area contributed by atoms with Crippen molar-refractivity contribution in [2.24, 2.45) is 0 Å². The molecule has 7 heteroatoms. The van der Waals surface area contributed by atoms with Crippen LogP contribution in [0.1, 0.15) is 31.7 Å². The van der Waals surface area contributed by atoms with E-state index in [1.165, 1.54) is 6.07 Å². The van der Waals surface area contributed by atoms with Gasteiger partial charge in [0, 0.05) is 16.4 Å². The predicted molar refractivity (Wildman–Crippen MR) is 123 cm³/mol. The summed E-state index contributed by atoms with van der Waals surface area (Å²) in [5, 5.41) is 4.36. The van der Waals surface area contributed by atoms with Crippen molar-refractivity contribution in [2.75, 3.05) is 31.5 Å².